The molecule has 136 valence electrons. The van der Waals surface area contributed by atoms with Crippen LogP contribution in [-0.2, 0) is 16.4 Å². The van der Waals surface area contributed by atoms with Gasteiger partial charge < -0.3 is 4.98 Å². The number of fused-ring (bicyclic) bond motifs is 1. The Morgan fingerprint density at radius 3 is 2.69 bits per heavy atom. The third-order valence-electron chi connectivity index (χ3n) is 4.23. The molecule has 0 spiro atoms. The average molecular weight is 373 g/mol. The van der Waals surface area contributed by atoms with Gasteiger partial charge in [-0.1, -0.05) is 24.3 Å². The third-order valence-corrected chi connectivity index (χ3v) is 5.96. The molecule has 3 rings (SSSR count). The second-order valence-corrected chi connectivity index (χ2v) is 7.98. The number of nitrogens with one attached hydrogen (secondary N) is 2. The van der Waals surface area contributed by atoms with Crippen molar-refractivity contribution in [3.8, 4) is 0 Å². The first-order valence-corrected chi connectivity index (χ1v) is 9.58. The van der Waals surface area contributed by atoms with Crippen molar-refractivity contribution in [3.63, 3.8) is 0 Å². The van der Waals surface area contributed by atoms with Gasteiger partial charge in [0.05, 0.1) is 9.82 Å². The minimum atomic E-state index is -3.87. The normalized spacial score (nSPS) is 13.0. The number of sulfonamides is 1. The predicted molar refractivity (Wildman–Crippen MR) is 99.6 cm³/mol. The summed E-state index contributed by atoms with van der Waals surface area (Å²) in [7, 11) is -3.87. The molecule has 0 aliphatic rings. The van der Waals surface area contributed by atoms with Crippen molar-refractivity contribution < 1.29 is 13.3 Å². The fourth-order valence-electron chi connectivity index (χ4n) is 2.99. The molecular weight excluding hydrogens is 354 g/mol. The Bertz CT molecular complexity index is 1070. The lowest BCUT2D eigenvalue weighted by atomic mass is 10.1. The molecule has 7 nitrogen and oxygen atoms in total. The van der Waals surface area contributed by atoms with Crippen molar-refractivity contribution in [2.75, 3.05) is 0 Å². The van der Waals surface area contributed by atoms with E-state index in [1.54, 1.807) is 13.8 Å². The van der Waals surface area contributed by atoms with Crippen LogP contribution >= 0.6 is 0 Å². The molecule has 1 aromatic heterocycles. The molecule has 0 saturated carbocycles. The first-order valence-electron chi connectivity index (χ1n) is 8.10. The number of hydrogen-bond acceptors (Lipinski definition) is 4. The highest BCUT2D eigenvalue weighted by molar-refractivity contribution is 7.89. The molecule has 2 aromatic carbocycles. The van der Waals surface area contributed by atoms with Crippen molar-refractivity contribution in [2.24, 2.45) is 0 Å². The Morgan fingerprint density at radius 2 is 1.96 bits per heavy atom. The Balaban J connectivity index is 1.83. The van der Waals surface area contributed by atoms with Crippen molar-refractivity contribution >= 4 is 26.6 Å². The molecule has 0 fully saturated rings. The summed E-state index contributed by atoms with van der Waals surface area (Å²) in [6.45, 7) is 3.38. The zero-order chi connectivity index (χ0) is 18.9. The van der Waals surface area contributed by atoms with E-state index in [0.29, 0.717) is 12.0 Å². The van der Waals surface area contributed by atoms with E-state index in [4.69, 9.17) is 0 Å². The molecule has 0 radical (unpaired) electrons. The Labute approximate surface area is 151 Å². The molecule has 0 amide bonds. The standard InChI is InChI=1S/C18H19N3O4S/c1-12-7-8-15(21(22)23)10-18(12)26(24,25)20-13(2)9-14-11-19-17-6-4-3-5-16(14)17/h3-8,10-11,13,19-20H,9H2,1-2H3. The highest BCUT2D eigenvalue weighted by Gasteiger charge is 2.23. The van der Waals surface area contributed by atoms with E-state index >= 15 is 0 Å². The first-order chi connectivity index (χ1) is 12.3. The van der Waals surface area contributed by atoms with E-state index in [1.807, 2.05) is 30.5 Å². The maximum absolute atomic E-state index is 12.7. The number of para-hydroxylation sites is 1. The van der Waals surface area contributed by atoms with Crippen LogP contribution in [0, 0.1) is 17.0 Å². The number of hydrogen-bond donors (Lipinski definition) is 2. The minimum Gasteiger partial charge on any atom is -0.361 e. The quantitative estimate of drug-likeness (QED) is 0.511. The van der Waals surface area contributed by atoms with E-state index in [2.05, 4.69) is 9.71 Å². The number of H-pyrrole nitrogens is 1. The highest BCUT2D eigenvalue weighted by Crippen LogP contribution is 2.23. The topological polar surface area (TPSA) is 105 Å². The van der Waals surface area contributed by atoms with Gasteiger partial charge in [0.15, 0.2) is 0 Å². The van der Waals surface area contributed by atoms with Crippen molar-refractivity contribution in [2.45, 2.75) is 31.2 Å². The fraction of sp³-hybridized carbons (Fsp3) is 0.222. The first kappa shape index (κ1) is 18.1. The molecule has 1 unspecified atom stereocenters. The minimum absolute atomic E-state index is 0.0718. The summed E-state index contributed by atoms with van der Waals surface area (Å²) < 4.78 is 28.0. The predicted octanol–water partition coefficient (Wildman–Crippen LogP) is 3.29. The maximum atomic E-state index is 12.7. The van der Waals surface area contributed by atoms with Crippen LogP contribution in [0.4, 0.5) is 5.69 Å². The summed E-state index contributed by atoms with van der Waals surface area (Å²) in [6.07, 6.45) is 2.37. The smallest absolute Gasteiger partial charge is 0.270 e. The van der Waals surface area contributed by atoms with Crippen molar-refractivity contribution in [1.29, 1.82) is 0 Å². The molecule has 0 bridgehead atoms. The van der Waals surface area contributed by atoms with Crippen LogP contribution in [0.5, 0.6) is 0 Å². The lowest BCUT2D eigenvalue weighted by Gasteiger charge is -2.15. The van der Waals surface area contributed by atoms with E-state index < -0.39 is 14.9 Å². The molecular formula is C18H19N3O4S. The maximum Gasteiger partial charge on any atom is 0.270 e. The van der Waals surface area contributed by atoms with E-state index in [1.165, 1.54) is 12.1 Å². The van der Waals surface area contributed by atoms with Gasteiger partial charge in [-0.3, -0.25) is 10.1 Å². The van der Waals surface area contributed by atoms with E-state index in [0.717, 1.165) is 22.5 Å². The summed E-state index contributed by atoms with van der Waals surface area (Å²) in [5.41, 5.74) is 2.21. The largest absolute Gasteiger partial charge is 0.361 e. The fourth-order valence-corrected chi connectivity index (χ4v) is 4.50. The molecule has 0 aliphatic carbocycles. The molecule has 1 atom stereocenters. The number of non-ortho nitro benzene ring substituents is 1. The SMILES string of the molecule is Cc1ccc([N+](=O)[O-])cc1S(=O)(=O)NC(C)Cc1c[nH]c2ccccc12. The molecule has 3 aromatic rings. The van der Waals surface area contributed by atoms with Gasteiger partial charge in [0, 0.05) is 35.3 Å². The van der Waals surface area contributed by atoms with Crippen LogP contribution in [0.2, 0.25) is 0 Å². The molecule has 0 saturated heterocycles. The molecule has 26 heavy (non-hydrogen) atoms. The monoisotopic (exact) mass is 373 g/mol. The van der Waals surface area contributed by atoms with Gasteiger partial charge in [-0.05, 0) is 37.5 Å². The van der Waals surface area contributed by atoms with Gasteiger partial charge in [0.25, 0.3) is 5.69 Å². The Morgan fingerprint density at radius 1 is 1.23 bits per heavy atom. The number of aromatic amines is 1. The average Bonchev–Trinajstić information content (AvgIpc) is 2.97. The van der Waals surface area contributed by atoms with Crippen molar-refractivity contribution in [3.05, 3.63) is 69.9 Å². The number of nitro benzene ring substituents is 1. The number of rotatable bonds is 6. The lowest BCUT2D eigenvalue weighted by Crippen LogP contribution is -2.34. The second kappa shape index (κ2) is 6.89. The number of nitrogens with zero attached hydrogens (tertiary/aromatic N) is 1. The van der Waals surface area contributed by atoms with E-state index in [9.17, 15) is 18.5 Å². The number of nitro groups is 1. The molecule has 0 aliphatic heterocycles. The molecule has 1 heterocycles. The van der Waals surface area contributed by atoms with Crippen LogP contribution in [-0.4, -0.2) is 24.4 Å². The lowest BCUT2D eigenvalue weighted by molar-refractivity contribution is -0.385. The van der Waals surface area contributed by atoms with E-state index in [-0.39, 0.29) is 16.6 Å². The zero-order valence-corrected chi connectivity index (χ0v) is 15.2. The van der Waals surface area contributed by atoms with Gasteiger partial charge in [-0.2, -0.15) is 0 Å². The summed E-state index contributed by atoms with van der Waals surface area (Å²) in [4.78, 5) is 13.4. The number of aromatic nitrogens is 1. The zero-order valence-electron chi connectivity index (χ0n) is 14.4. The number of aryl methyl sites for hydroxylation is 1. The summed E-state index contributed by atoms with van der Waals surface area (Å²) in [5, 5.41) is 12.0. The van der Waals surface area contributed by atoms with Crippen LogP contribution in [0.1, 0.15) is 18.1 Å². The second-order valence-electron chi connectivity index (χ2n) is 6.29. The van der Waals surface area contributed by atoms with Crippen LogP contribution in [0.3, 0.4) is 0 Å². The third kappa shape index (κ3) is 3.61. The van der Waals surface area contributed by atoms with Crippen molar-refractivity contribution in [1.82, 2.24) is 9.71 Å². The van der Waals surface area contributed by atoms with Crippen LogP contribution in [0.15, 0.2) is 53.6 Å². The van der Waals surface area contributed by atoms with Gasteiger partial charge >= 0.3 is 0 Å². The summed E-state index contributed by atoms with van der Waals surface area (Å²) in [6, 6.07) is 11.3. The van der Waals surface area contributed by atoms with Crippen LogP contribution < -0.4 is 4.72 Å². The van der Waals surface area contributed by atoms with Gasteiger partial charge in [-0.25, -0.2) is 13.1 Å². The summed E-state index contributed by atoms with van der Waals surface area (Å²) in [5.74, 6) is 0. The molecule has 2 N–H and O–H groups in total. The highest BCUT2D eigenvalue weighted by atomic mass is 32.2. The van der Waals surface area contributed by atoms with Gasteiger partial charge in [-0.15, -0.1) is 0 Å². The van der Waals surface area contributed by atoms with Crippen LogP contribution in [0.25, 0.3) is 10.9 Å². The number of benzene rings is 2. The molecule has 8 heteroatoms. The van der Waals surface area contributed by atoms with Gasteiger partial charge in [0.1, 0.15) is 0 Å². The van der Waals surface area contributed by atoms with Gasteiger partial charge in [0.2, 0.25) is 10.0 Å². The Hall–Kier alpha value is -2.71. The summed E-state index contributed by atoms with van der Waals surface area (Å²) >= 11 is 0. The Kier molecular flexibility index (Phi) is 4.80.